The Bertz CT molecular complexity index is 1050. The molecule has 1 amide bonds. The molecule has 0 bridgehead atoms. The summed E-state index contributed by atoms with van der Waals surface area (Å²) >= 11 is 0. The van der Waals surface area contributed by atoms with Crippen LogP contribution in [0.25, 0.3) is 0 Å². The number of amides is 1. The molecular weight excluding hydrogens is 807 g/mol. The third-order valence-corrected chi connectivity index (χ3v) is 13.8. The molecule has 2 atom stereocenters. The Morgan fingerprint density at radius 3 is 0.879 bits per heavy atom. The zero-order chi connectivity index (χ0) is 47.7. The average molecular weight is 925 g/mol. The largest absolute Gasteiger partial charge is 0.394 e. The van der Waals surface area contributed by atoms with E-state index in [1.165, 1.54) is 263 Å². The van der Waals surface area contributed by atoms with Gasteiger partial charge in [0.25, 0.3) is 0 Å². The molecule has 0 fully saturated rings. The predicted molar refractivity (Wildman–Crippen MR) is 295 cm³/mol. The molecule has 0 radical (unpaired) electrons. The van der Waals surface area contributed by atoms with Gasteiger partial charge in [0.05, 0.1) is 18.8 Å². The molecule has 0 heterocycles. The van der Waals surface area contributed by atoms with Gasteiger partial charge in [0, 0.05) is 6.42 Å². The third-order valence-electron chi connectivity index (χ3n) is 13.8. The minimum Gasteiger partial charge on any atom is -0.394 e. The second kappa shape index (κ2) is 57.7. The van der Waals surface area contributed by atoms with E-state index in [-0.39, 0.29) is 12.5 Å². The summed E-state index contributed by atoms with van der Waals surface area (Å²) < 4.78 is 0. The lowest BCUT2D eigenvalue weighted by Crippen LogP contribution is -2.45. The van der Waals surface area contributed by atoms with Gasteiger partial charge in [0.2, 0.25) is 5.91 Å². The smallest absolute Gasteiger partial charge is 0.220 e. The Kier molecular flexibility index (Phi) is 56.2. The number of unbranched alkanes of at least 4 members (excludes halogenated alkanes) is 42. The van der Waals surface area contributed by atoms with Crippen LogP contribution in [0.3, 0.4) is 0 Å². The number of hydrogen-bond donors (Lipinski definition) is 3. The fourth-order valence-electron chi connectivity index (χ4n) is 9.21. The highest BCUT2D eigenvalue weighted by Gasteiger charge is 2.18. The Hall–Kier alpha value is -1.65. The standard InChI is InChI=1S/C62H117NO3/c1-3-5-7-9-11-13-15-17-19-21-23-25-27-29-30-31-32-33-34-36-38-40-42-44-46-48-50-52-54-56-58-62(66)63-60(59-64)61(65)57-55-53-51-49-47-45-43-41-39-37-35-28-26-24-22-20-18-16-14-12-10-8-6-4-2/h29-30,39,41,47,49,55,57,60-61,64-65H,3-28,31-38,40,42-46,48,50-54,56,58-59H2,1-2H3,(H,63,66)/b30-29-,41-39+,49-47+,57-55+. The topological polar surface area (TPSA) is 69.6 Å². The fourth-order valence-corrected chi connectivity index (χ4v) is 9.21. The van der Waals surface area contributed by atoms with Crippen LogP contribution in [-0.2, 0) is 4.79 Å². The van der Waals surface area contributed by atoms with Gasteiger partial charge in [-0.3, -0.25) is 4.79 Å². The normalized spacial score (nSPS) is 13.1. The first kappa shape index (κ1) is 64.3. The number of carbonyl (C=O) groups excluding carboxylic acids is 1. The van der Waals surface area contributed by atoms with Crippen molar-refractivity contribution < 1.29 is 15.0 Å². The number of rotatable bonds is 55. The summed E-state index contributed by atoms with van der Waals surface area (Å²) in [5, 5.41) is 23.2. The molecule has 388 valence electrons. The van der Waals surface area contributed by atoms with Gasteiger partial charge in [-0.15, -0.1) is 0 Å². The number of allylic oxidation sites excluding steroid dienone is 7. The molecule has 0 aromatic carbocycles. The molecule has 0 spiro atoms. The van der Waals surface area contributed by atoms with E-state index < -0.39 is 12.1 Å². The van der Waals surface area contributed by atoms with E-state index in [1.807, 2.05) is 6.08 Å². The lowest BCUT2D eigenvalue weighted by molar-refractivity contribution is -0.123. The van der Waals surface area contributed by atoms with Crippen molar-refractivity contribution in [3.63, 3.8) is 0 Å². The van der Waals surface area contributed by atoms with Crippen LogP contribution in [0.1, 0.15) is 322 Å². The first-order valence-corrected chi connectivity index (χ1v) is 29.9. The molecule has 0 aromatic heterocycles. The number of carbonyl (C=O) groups is 1. The van der Waals surface area contributed by atoms with E-state index in [2.05, 4.69) is 55.6 Å². The zero-order valence-electron chi connectivity index (χ0n) is 44.7. The third kappa shape index (κ3) is 53.3. The lowest BCUT2D eigenvalue weighted by atomic mass is 10.0. The van der Waals surface area contributed by atoms with Crippen molar-refractivity contribution in [2.45, 2.75) is 334 Å². The van der Waals surface area contributed by atoms with Crippen LogP contribution in [-0.4, -0.2) is 34.9 Å². The van der Waals surface area contributed by atoms with Crippen LogP contribution in [0.15, 0.2) is 48.6 Å². The SMILES string of the molecule is CCCCCCCCCCCCCC/C=C\CCCCCCCCCCCCCCCCC(=O)NC(CO)C(O)/C=C/CC/C=C/CC/C=C/CCCCCCCCCCCCCCCC. The van der Waals surface area contributed by atoms with E-state index in [4.69, 9.17) is 0 Å². The monoisotopic (exact) mass is 924 g/mol. The van der Waals surface area contributed by atoms with Crippen molar-refractivity contribution in [2.75, 3.05) is 6.61 Å². The minimum atomic E-state index is -0.871. The van der Waals surface area contributed by atoms with Crippen molar-refractivity contribution in [1.29, 1.82) is 0 Å². The molecule has 0 aliphatic carbocycles. The Morgan fingerprint density at radius 2 is 0.591 bits per heavy atom. The summed E-state index contributed by atoms with van der Waals surface area (Å²) in [5.74, 6) is -0.0740. The number of nitrogens with one attached hydrogen (secondary N) is 1. The quantitative estimate of drug-likeness (QED) is 0.0420. The summed E-state index contributed by atoms with van der Waals surface area (Å²) in [5.41, 5.74) is 0. The fraction of sp³-hybridized carbons (Fsp3) is 0.855. The second-order valence-corrected chi connectivity index (χ2v) is 20.4. The van der Waals surface area contributed by atoms with Gasteiger partial charge in [-0.25, -0.2) is 0 Å². The van der Waals surface area contributed by atoms with Crippen LogP contribution in [0, 0.1) is 0 Å². The molecular formula is C62H117NO3. The summed E-state index contributed by atoms with van der Waals surface area (Å²) in [6.45, 7) is 4.33. The highest BCUT2D eigenvalue weighted by atomic mass is 16.3. The van der Waals surface area contributed by atoms with Gasteiger partial charge in [0.1, 0.15) is 0 Å². The molecule has 0 aliphatic rings. The summed E-state index contributed by atoms with van der Waals surface area (Å²) in [7, 11) is 0. The number of aliphatic hydroxyl groups excluding tert-OH is 2. The molecule has 0 aliphatic heterocycles. The van der Waals surface area contributed by atoms with E-state index in [0.29, 0.717) is 6.42 Å². The van der Waals surface area contributed by atoms with Gasteiger partial charge in [-0.2, -0.15) is 0 Å². The van der Waals surface area contributed by atoms with Gasteiger partial charge >= 0.3 is 0 Å². The molecule has 0 rings (SSSR count). The number of aliphatic hydroxyl groups is 2. The Balaban J connectivity index is 3.52. The Labute approximate surface area is 414 Å². The molecule has 0 aromatic rings. The maximum atomic E-state index is 12.5. The van der Waals surface area contributed by atoms with E-state index in [9.17, 15) is 15.0 Å². The molecule has 0 saturated carbocycles. The number of hydrogen-bond acceptors (Lipinski definition) is 3. The highest BCUT2D eigenvalue weighted by molar-refractivity contribution is 5.76. The van der Waals surface area contributed by atoms with Crippen molar-refractivity contribution in [1.82, 2.24) is 5.32 Å². The van der Waals surface area contributed by atoms with E-state index in [1.54, 1.807) is 6.08 Å². The van der Waals surface area contributed by atoms with Crippen LogP contribution < -0.4 is 5.32 Å². The van der Waals surface area contributed by atoms with E-state index >= 15 is 0 Å². The van der Waals surface area contributed by atoms with Gasteiger partial charge in [-0.1, -0.05) is 294 Å². The van der Waals surface area contributed by atoms with Gasteiger partial charge in [-0.05, 0) is 70.6 Å². The Morgan fingerprint density at radius 1 is 0.348 bits per heavy atom. The average Bonchev–Trinajstić information content (AvgIpc) is 3.32. The molecule has 3 N–H and O–H groups in total. The first-order chi connectivity index (χ1) is 32.7. The lowest BCUT2D eigenvalue weighted by Gasteiger charge is -2.19. The maximum absolute atomic E-state index is 12.5. The molecule has 4 nitrogen and oxygen atoms in total. The second-order valence-electron chi connectivity index (χ2n) is 20.4. The first-order valence-electron chi connectivity index (χ1n) is 29.9. The maximum Gasteiger partial charge on any atom is 0.220 e. The van der Waals surface area contributed by atoms with Crippen molar-refractivity contribution in [3.05, 3.63) is 48.6 Å². The van der Waals surface area contributed by atoms with Crippen LogP contribution in [0.5, 0.6) is 0 Å². The van der Waals surface area contributed by atoms with Crippen LogP contribution in [0.4, 0.5) is 0 Å². The van der Waals surface area contributed by atoms with Gasteiger partial charge < -0.3 is 15.5 Å². The van der Waals surface area contributed by atoms with Crippen molar-refractivity contribution >= 4 is 5.91 Å². The van der Waals surface area contributed by atoms with Crippen molar-refractivity contribution in [2.24, 2.45) is 0 Å². The van der Waals surface area contributed by atoms with Crippen molar-refractivity contribution in [3.8, 4) is 0 Å². The van der Waals surface area contributed by atoms with Gasteiger partial charge in [0.15, 0.2) is 0 Å². The minimum absolute atomic E-state index is 0.0740. The predicted octanol–water partition coefficient (Wildman–Crippen LogP) is 19.8. The molecule has 0 saturated heterocycles. The summed E-state index contributed by atoms with van der Waals surface area (Å²) in [4.78, 5) is 12.5. The van der Waals surface area contributed by atoms with Crippen LogP contribution >= 0.6 is 0 Å². The summed E-state index contributed by atoms with van der Waals surface area (Å²) in [6.07, 6.45) is 80.1. The van der Waals surface area contributed by atoms with E-state index in [0.717, 1.165) is 38.5 Å². The van der Waals surface area contributed by atoms with Crippen LogP contribution in [0.2, 0.25) is 0 Å². The zero-order valence-corrected chi connectivity index (χ0v) is 44.7. The summed E-state index contributed by atoms with van der Waals surface area (Å²) in [6, 6.07) is -0.647. The molecule has 66 heavy (non-hydrogen) atoms. The molecule has 2 unspecified atom stereocenters. The molecule has 4 heteroatoms. The highest BCUT2D eigenvalue weighted by Crippen LogP contribution is 2.17.